The van der Waals surface area contributed by atoms with Crippen LogP contribution in [0, 0.1) is 5.92 Å². The molecule has 0 spiro atoms. The molecule has 1 aromatic carbocycles. The standard InChI is InChI=1S/C27H40N4O7/c1-36-16-6-13-28-24(32)12-15-30-26(34)20-7-4-5-8-21(20)31(27(30)35)18-25(33)29-14-11-19-9-10-22(37-2)23(17-19)38-3/h9-10,17,20-21H,4-8,11-16,18H2,1-3H3,(H,28,32)(H,29,33). The molecule has 11 nitrogen and oxygen atoms in total. The first-order valence-electron chi connectivity index (χ1n) is 13.2. The summed E-state index contributed by atoms with van der Waals surface area (Å²) < 4.78 is 15.6. The number of hydrogen-bond acceptors (Lipinski definition) is 7. The number of nitrogens with zero attached hydrogens (tertiary/aromatic N) is 2. The van der Waals surface area contributed by atoms with Gasteiger partial charge in [-0.15, -0.1) is 0 Å². The Morgan fingerprint density at radius 1 is 0.974 bits per heavy atom. The maximum absolute atomic E-state index is 13.3. The summed E-state index contributed by atoms with van der Waals surface area (Å²) in [6.45, 7) is 1.26. The van der Waals surface area contributed by atoms with Crippen LogP contribution in [-0.2, 0) is 25.5 Å². The molecule has 0 radical (unpaired) electrons. The average Bonchev–Trinajstić information content (AvgIpc) is 2.93. The zero-order valence-electron chi connectivity index (χ0n) is 22.6. The minimum Gasteiger partial charge on any atom is -0.493 e. The van der Waals surface area contributed by atoms with E-state index in [2.05, 4.69) is 10.6 Å². The molecule has 1 saturated heterocycles. The molecule has 1 saturated carbocycles. The maximum atomic E-state index is 13.3. The molecule has 1 heterocycles. The number of urea groups is 1. The number of amides is 5. The summed E-state index contributed by atoms with van der Waals surface area (Å²) in [5.41, 5.74) is 0.974. The third kappa shape index (κ3) is 7.59. The van der Waals surface area contributed by atoms with E-state index in [1.54, 1.807) is 21.3 Å². The van der Waals surface area contributed by atoms with Crippen molar-refractivity contribution in [3.63, 3.8) is 0 Å². The summed E-state index contributed by atoms with van der Waals surface area (Å²) in [6.07, 6.45) is 4.46. The van der Waals surface area contributed by atoms with Gasteiger partial charge in [-0.3, -0.25) is 19.3 Å². The number of imide groups is 1. The molecule has 2 atom stereocenters. The molecule has 5 amide bonds. The number of methoxy groups -OCH3 is 3. The SMILES string of the molecule is COCCCNC(=O)CCN1C(=O)C2CCCCC2N(CC(=O)NCCc2ccc(OC)c(OC)c2)C1=O. The number of ether oxygens (including phenoxy) is 3. The van der Waals surface area contributed by atoms with Crippen LogP contribution < -0.4 is 20.1 Å². The van der Waals surface area contributed by atoms with Crippen LogP contribution in [0.5, 0.6) is 11.5 Å². The summed E-state index contributed by atoms with van der Waals surface area (Å²) in [7, 11) is 4.74. The van der Waals surface area contributed by atoms with Gasteiger partial charge < -0.3 is 29.7 Å². The van der Waals surface area contributed by atoms with Gasteiger partial charge in [-0.05, 0) is 43.4 Å². The lowest BCUT2D eigenvalue weighted by Crippen LogP contribution is -2.64. The fraction of sp³-hybridized carbons (Fsp3) is 0.630. The molecule has 1 aliphatic carbocycles. The molecule has 11 heteroatoms. The summed E-state index contributed by atoms with van der Waals surface area (Å²) >= 11 is 0. The number of carbonyl (C=O) groups excluding carboxylic acids is 4. The van der Waals surface area contributed by atoms with E-state index in [0.29, 0.717) is 56.9 Å². The minimum atomic E-state index is -0.500. The predicted octanol–water partition coefficient (Wildman–Crippen LogP) is 1.73. The van der Waals surface area contributed by atoms with Crippen LogP contribution in [0.3, 0.4) is 0 Å². The molecule has 2 N–H and O–H groups in total. The van der Waals surface area contributed by atoms with Gasteiger partial charge in [0.15, 0.2) is 11.5 Å². The van der Waals surface area contributed by atoms with E-state index >= 15 is 0 Å². The van der Waals surface area contributed by atoms with E-state index in [4.69, 9.17) is 14.2 Å². The molecule has 1 aliphatic heterocycles. The number of nitrogens with one attached hydrogen (secondary N) is 2. The van der Waals surface area contributed by atoms with Gasteiger partial charge in [-0.1, -0.05) is 18.9 Å². The van der Waals surface area contributed by atoms with Gasteiger partial charge in [0.1, 0.15) is 6.54 Å². The van der Waals surface area contributed by atoms with E-state index in [0.717, 1.165) is 23.3 Å². The van der Waals surface area contributed by atoms with Crippen LogP contribution in [0.2, 0.25) is 0 Å². The van der Waals surface area contributed by atoms with Crippen molar-refractivity contribution in [2.45, 2.75) is 51.0 Å². The molecule has 2 fully saturated rings. The monoisotopic (exact) mass is 532 g/mol. The molecule has 2 unspecified atom stereocenters. The first-order chi connectivity index (χ1) is 18.4. The molecular formula is C27H40N4O7. The highest BCUT2D eigenvalue weighted by molar-refractivity contribution is 6.00. The Morgan fingerprint density at radius 3 is 2.45 bits per heavy atom. The quantitative estimate of drug-likeness (QED) is 0.350. The lowest BCUT2D eigenvalue weighted by Gasteiger charge is -2.46. The third-order valence-electron chi connectivity index (χ3n) is 7.10. The summed E-state index contributed by atoms with van der Waals surface area (Å²) in [4.78, 5) is 54.2. The summed E-state index contributed by atoms with van der Waals surface area (Å²) in [5, 5.41) is 5.66. The Kier molecular flexibility index (Phi) is 11.2. The lowest BCUT2D eigenvalue weighted by atomic mass is 9.81. The molecule has 1 aromatic rings. The van der Waals surface area contributed by atoms with Crippen LogP contribution in [-0.4, -0.2) is 93.7 Å². The van der Waals surface area contributed by atoms with Gasteiger partial charge in [-0.2, -0.15) is 0 Å². The van der Waals surface area contributed by atoms with Crippen LogP contribution in [0.1, 0.15) is 44.1 Å². The van der Waals surface area contributed by atoms with Crippen LogP contribution in [0.4, 0.5) is 4.79 Å². The van der Waals surface area contributed by atoms with Gasteiger partial charge >= 0.3 is 6.03 Å². The Morgan fingerprint density at radius 2 is 1.71 bits per heavy atom. The number of fused-ring (bicyclic) bond motifs is 1. The number of hydrogen-bond donors (Lipinski definition) is 2. The van der Waals surface area contributed by atoms with Crippen LogP contribution in [0.25, 0.3) is 0 Å². The molecule has 0 aromatic heterocycles. The van der Waals surface area contributed by atoms with E-state index in [1.807, 2.05) is 18.2 Å². The first-order valence-corrected chi connectivity index (χ1v) is 13.2. The number of benzene rings is 1. The van der Waals surface area contributed by atoms with E-state index in [-0.39, 0.29) is 49.2 Å². The molecule has 38 heavy (non-hydrogen) atoms. The van der Waals surface area contributed by atoms with Crippen molar-refractivity contribution < 1.29 is 33.4 Å². The van der Waals surface area contributed by atoms with E-state index < -0.39 is 6.03 Å². The normalized spacial score (nSPS) is 19.1. The van der Waals surface area contributed by atoms with Crippen molar-refractivity contribution >= 4 is 23.8 Å². The van der Waals surface area contributed by atoms with Crippen molar-refractivity contribution in [3.8, 4) is 11.5 Å². The van der Waals surface area contributed by atoms with Gasteiger partial charge in [-0.25, -0.2) is 4.79 Å². The first kappa shape index (κ1) is 29.2. The maximum Gasteiger partial charge on any atom is 0.327 e. The highest BCUT2D eigenvalue weighted by Crippen LogP contribution is 2.34. The largest absolute Gasteiger partial charge is 0.493 e. The second kappa shape index (κ2) is 14.6. The molecule has 3 rings (SSSR count). The predicted molar refractivity (Wildman–Crippen MR) is 140 cm³/mol. The van der Waals surface area contributed by atoms with E-state index in [9.17, 15) is 19.2 Å². The van der Waals surface area contributed by atoms with E-state index in [1.165, 1.54) is 4.90 Å². The zero-order valence-corrected chi connectivity index (χ0v) is 22.6. The Balaban J connectivity index is 1.56. The molecular weight excluding hydrogens is 492 g/mol. The van der Waals surface area contributed by atoms with Crippen molar-refractivity contribution in [1.29, 1.82) is 0 Å². The van der Waals surface area contributed by atoms with Gasteiger partial charge in [0.2, 0.25) is 17.7 Å². The van der Waals surface area contributed by atoms with Gasteiger partial charge in [0.25, 0.3) is 0 Å². The third-order valence-corrected chi connectivity index (χ3v) is 7.10. The van der Waals surface area contributed by atoms with Crippen molar-refractivity contribution in [2.24, 2.45) is 5.92 Å². The lowest BCUT2D eigenvalue weighted by molar-refractivity contribution is -0.142. The van der Waals surface area contributed by atoms with Crippen LogP contribution >= 0.6 is 0 Å². The number of rotatable bonds is 14. The fourth-order valence-electron chi connectivity index (χ4n) is 5.09. The Bertz CT molecular complexity index is 986. The summed E-state index contributed by atoms with van der Waals surface area (Å²) in [5.74, 6) is 0.156. The highest BCUT2D eigenvalue weighted by atomic mass is 16.5. The average molecular weight is 533 g/mol. The molecule has 0 bridgehead atoms. The topological polar surface area (TPSA) is 127 Å². The smallest absolute Gasteiger partial charge is 0.327 e. The van der Waals surface area contributed by atoms with Crippen molar-refractivity contribution in [1.82, 2.24) is 20.4 Å². The van der Waals surface area contributed by atoms with Crippen LogP contribution in [0.15, 0.2) is 18.2 Å². The zero-order chi connectivity index (χ0) is 27.5. The minimum absolute atomic E-state index is 0.00554. The van der Waals surface area contributed by atoms with Crippen molar-refractivity contribution in [3.05, 3.63) is 23.8 Å². The second-order valence-corrected chi connectivity index (χ2v) is 9.59. The Labute approximate surface area is 224 Å². The Hall–Kier alpha value is -3.34. The highest BCUT2D eigenvalue weighted by Gasteiger charge is 2.47. The number of carbonyl (C=O) groups is 4. The fourth-order valence-corrected chi connectivity index (χ4v) is 5.09. The van der Waals surface area contributed by atoms with Gasteiger partial charge in [0, 0.05) is 45.8 Å². The molecule has 2 aliphatic rings. The van der Waals surface area contributed by atoms with Gasteiger partial charge in [0.05, 0.1) is 20.1 Å². The molecule has 210 valence electrons. The summed E-state index contributed by atoms with van der Waals surface area (Å²) in [6, 6.07) is 4.80. The second-order valence-electron chi connectivity index (χ2n) is 9.59. The van der Waals surface area contributed by atoms with Crippen molar-refractivity contribution in [2.75, 3.05) is 54.1 Å².